The molecular weight excluding hydrogens is 264 g/mol. The summed E-state index contributed by atoms with van der Waals surface area (Å²) in [6.07, 6.45) is 4.89. The standard InChI is InChI=1S/C14H14O4S/c15-14-11-4-3-10(8-11)13(14)7-9-1-5-12(6-2-9)19(16,17)18/h1-2,5-7,10-11H,3-4,8H2,(H,16,17,18). The van der Waals surface area contributed by atoms with Crippen molar-refractivity contribution in [2.75, 3.05) is 0 Å². The lowest BCUT2D eigenvalue weighted by atomic mass is 9.92. The second-order valence-corrected chi connectivity index (χ2v) is 6.64. The maximum absolute atomic E-state index is 12.0. The van der Waals surface area contributed by atoms with Gasteiger partial charge in [-0.3, -0.25) is 9.35 Å². The van der Waals surface area contributed by atoms with Crippen LogP contribution in [-0.4, -0.2) is 18.8 Å². The lowest BCUT2D eigenvalue weighted by molar-refractivity contribution is -0.118. The van der Waals surface area contributed by atoms with Gasteiger partial charge in [0.05, 0.1) is 4.90 Å². The first-order chi connectivity index (χ1) is 8.95. The van der Waals surface area contributed by atoms with Crippen LogP contribution in [0.4, 0.5) is 0 Å². The van der Waals surface area contributed by atoms with E-state index in [2.05, 4.69) is 0 Å². The largest absolute Gasteiger partial charge is 0.294 e. The molecule has 1 aromatic carbocycles. The Balaban J connectivity index is 1.90. The highest BCUT2D eigenvalue weighted by molar-refractivity contribution is 7.85. The molecule has 2 aliphatic rings. The summed E-state index contributed by atoms with van der Waals surface area (Å²) in [5.74, 6) is 0.821. The molecule has 19 heavy (non-hydrogen) atoms. The van der Waals surface area contributed by atoms with Gasteiger partial charge in [0.15, 0.2) is 5.78 Å². The van der Waals surface area contributed by atoms with E-state index in [0.717, 1.165) is 30.4 Å². The Morgan fingerprint density at radius 3 is 2.26 bits per heavy atom. The molecule has 100 valence electrons. The third-order valence-corrected chi connectivity index (χ3v) is 4.90. The molecule has 0 aliphatic heterocycles. The zero-order valence-corrected chi connectivity index (χ0v) is 11.1. The van der Waals surface area contributed by atoms with Gasteiger partial charge < -0.3 is 0 Å². The van der Waals surface area contributed by atoms with Crippen molar-refractivity contribution >= 4 is 22.0 Å². The van der Waals surface area contributed by atoms with E-state index in [4.69, 9.17) is 4.55 Å². The normalized spacial score (nSPS) is 28.3. The predicted molar refractivity (Wildman–Crippen MR) is 70.1 cm³/mol. The lowest BCUT2D eigenvalue weighted by Gasteiger charge is -2.12. The smallest absolute Gasteiger partial charge is 0.294 e. The van der Waals surface area contributed by atoms with E-state index in [-0.39, 0.29) is 16.6 Å². The topological polar surface area (TPSA) is 71.4 Å². The van der Waals surface area contributed by atoms with E-state index in [1.165, 1.54) is 12.1 Å². The Labute approximate surface area is 111 Å². The minimum absolute atomic E-state index is 0.131. The molecule has 1 N–H and O–H groups in total. The van der Waals surface area contributed by atoms with E-state index < -0.39 is 10.1 Å². The Morgan fingerprint density at radius 2 is 1.74 bits per heavy atom. The molecule has 0 heterocycles. The van der Waals surface area contributed by atoms with Crippen LogP contribution in [0.5, 0.6) is 0 Å². The molecule has 0 aromatic heterocycles. The highest BCUT2D eigenvalue weighted by atomic mass is 32.2. The van der Waals surface area contributed by atoms with Gasteiger partial charge in [0.1, 0.15) is 0 Å². The molecule has 0 spiro atoms. The van der Waals surface area contributed by atoms with Crippen LogP contribution in [0, 0.1) is 11.8 Å². The van der Waals surface area contributed by atoms with Crippen molar-refractivity contribution in [1.82, 2.24) is 0 Å². The molecule has 2 fully saturated rings. The molecule has 0 amide bonds. The Kier molecular flexibility index (Phi) is 2.83. The second-order valence-electron chi connectivity index (χ2n) is 5.21. The van der Waals surface area contributed by atoms with Gasteiger partial charge in [-0.05, 0) is 54.5 Å². The van der Waals surface area contributed by atoms with Crippen LogP contribution >= 0.6 is 0 Å². The minimum atomic E-state index is -4.15. The SMILES string of the molecule is O=C1C(=Cc2ccc(S(=O)(=O)O)cc2)C2CCC1C2. The Morgan fingerprint density at radius 1 is 1.11 bits per heavy atom. The summed E-state index contributed by atoms with van der Waals surface area (Å²) in [6.45, 7) is 0. The van der Waals surface area contributed by atoms with Crippen molar-refractivity contribution in [3.63, 3.8) is 0 Å². The first-order valence-electron chi connectivity index (χ1n) is 6.28. The number of allylic oxidation sites excluding steroid dienone is 1. The zero-order valence-electron chi connectivity index (χ0n) is 10.2. The fraction of sp³-hybridized carbons (Fsp3) is 0.357. The van der Waals surface area contributed by atoms with Crippen LogP contribution in [0.25, 0.3) is 6.08 Å². The summed E-state index contributed by atoms with van der Waals surface area (Å²) in [5.41, 5.74) is 1.67. The first kappa shape index (κ1) is 12.6. The molecule has 4 nitrogen and oxygen atoms in total. The monoisotopic (exact) mass is 278 g/mol. The summed E-state index contributed by atoms with van der Waals surface area (Å²) in [5, 5.41) is 0. The second kappa shape index (κ2) is 4.28. The van der Waals surface area contributed by atoms with E-state index in [1.54, 1.807) is 12.1 Å². The van der Waals surface area contributed by atoms with Gasteiger partial charge >= 0.3 is 0 Å². The molecule has 2 aliphatic carbocycles. The number of hydrogen-bond donors (Lipinski definition) is 1. The number of hydrogen-bond acceptors (Lipinski definition) is 3. The van der Waals surface area contributed by atoms with Crippen molar-refractivity contribution in [3.8, 4) is 0 Å². The number of Topliss-reactive ketones (excluding diaryl/α,β-unsaturated/α-hetero) is 1. The molecule has 5 heteroatoms. The Hall–Kier alpha value is -1.46. The van der Waals surface area contributed by atoms with Crippen LogP contribution in [0.1, 0.15) is 24.8 Å². The number of fused-ring (bicyclic) bond motifs is 2. The van der Waals surface area contributed by atoms with Crippen molar-refractivity contribution in [2.45, 2.75) is 24.2 Å². The summed E-state index contributed by atoms with van der Waals surface area (Å²) in [4.78, 5) is 11.9. The third-order valence-electron chi connectivity index (χ3n) is 4.03. The van der Waals surface area contributed by atoms with Crippen LogP contribution < -0.4 is 0 Å². The average molecular weight is 278 g/mol. The van der Waals surface area contributed by atoms with Crippen LogP contribution in [0.15, 0.2) is 34.7 Å². The quantitative estimate of drug-likeness (QED) is 0.665. The van der Waals surface area contributed by atoms with E-state index in [9.17, 15) is 13.2 Å². The van der Waals surface area contributed by atoms with Crippen molar-refractivity contribution < 1.29 is 17.8 Å². The van der Waals surface area contributed by atoms with Gasteiger partial charge in [0.2, 0.25) is 0 Å². The summed E-state index contributed by atoms with van der Waals surface area (Å²) in [6, 6.07) is 5.91. The fourth-order valence-electron chi connectivity index (χ4n) is 3.04. The summed E-state index contributed by atoms with van der Waals surface area (Å²) >= 11 is 0. The maximum atomic E-state index is 12.0. The molecule has 2 saturated carbocycles. The van der Waals surface area contributed by atoms with Gasteiger partial charge in [-0.25, -0.2) is 0 Å². The molecule has 0 radical (unpaired) electrons. The minimum Gasteiger partial charge on any atom is -0.294 e. The average Bonchev–Trinajstić information content (AvgIpc) is 2.93. The fourth-order valence-corrected chi connectivity index (χ4v) is 3.52. The number of carbonyl (C=O) groups excluding carboxylic acids is 1. The highest BCUT2D eigenvalue weighted by Gasteiger charge is 2.42. The van der Waals surface area contributed by atoms with Crippen LogP contribution in [-0.2, 0) is 14.9 Å². The molecule has 2 unspecified atom stereocenters. The van der Waals surface area contributed by atoms with E-state index >= 15 is 0 Å². The van der Waals surface area contributed by atoms with Gasteiger partial charge in [0.25, 0.3) is 10.1 Å². The van der Waals surface area contributed by atoms with Crippen molar-refractivity contribution in [2.24, 2.45) is 11.8 Å². The summed E-state index contributed by atoms with van der Waals surface area (Å²) in [7, 11) is -4.15. The third kappa shape index (κ3) is 2.24. The molecule has 0 saturated heterocycles. The zero-order chi connectivity index (χ0) is 13.6. The van der Waals surface area contributed by atoms with Gasteiger partial charge in [-0.2, -0.15) is 8.42 Å². The van der Waals surface area contributed by atoms with E-state index in [0.29, 0.717) is 5.92 Å². The highest BCUT2D eigenvalue weighted by Crippen LogP contribution is 2.46. The molecule has 2 atom stereocenters. The number of benzene rings is 1. The van der Waals surface area contributed by atoms with Gasteiger partial charge in [0, 0.05) is 5.92 Å². The van der Waals surface area contributed by atoms with Crippen molar-refractivity contribution in [1.29, 1.82) is 0 Å². The van der Waals surface area contributed by atoms with Gasteiger partial charge in [-0.15, -0.1) is 0 Å². The van der Waals surface area contributed by atoms with Gasteiger partial charge in [-0.1, -0.05) is 12.1 Å². The molecule has 3 rings (SSSR count). The van der Waals surface area contributed by atoms with Crippen molar-refractivity contribution in [3.05, 3.63) is 35.4 Å². The van der Waals surface area contributed by atoms with E-state index in [1.807, 2.05) is 6.08 Å². The number of ketones is 1. The number of carbonyl (C=O) groups is 1. The Bertz CT molecular complexity index is 655. The molecule has 2 bridgehead atoms. The predicted octanol–water partition coefficient (Wildman–Crippen LogP) is 2.32. The first-order valence-corrected chi connectivity index (χ1v) is 7.72. The molecule has 1 aromatic rings. The number of rotatable bonds is 2. The maximum Gasteiger partial charge on any atom is 0.294 e. The lowest BCUT2D eigenvalue weighted by Crippen LogP contribution is -2.11. The van der Waals surface area contributed by atoms with Crippen LogP contribution in [0.2, 0.25) is 0 Å². The van der Waals surface area contributed by atoms with Crippen LogP contribution in [0.3, 0.4) is 0 Å². The summed E-state index contributed by atoms with van der Waals surface area (Å²) < 4.78 is 30.8. The molecular formula is C14H14O4S.